The number of amides is 1. The minimum atomic E-state index is -0.144. The lowest BCUT2D eigenvalue weighted by Crippen LogP contribution is -2.31. The van der Waals surface area contributed by atoms with Crippen molar-refractivity contribution in [3.05, 3.63) is 71.5 Å². The Balaban J connectivity index is 1.69. The summed E-state index contributed by atoms with van der Waals surface area (Å²) in [6.07, 6.45) is 14.5. The fourth-order valence-electron chi connectivity index (χ4n) is 3.15. The molecule has 142 valence electrons. The number of hydrogen-bond acceptors (Lipinski definition) is 4. The Morgan fingerprint density at radius 1 is 1.30 bits per heavy atom. The van der Waals surface area contributed by atoms with Crippen LogP contribution in [0, 0.1) is 0 Å². The van der Waals surface area contributed by atoms with Crippen molar-refractivity contribution in [3.63, 3.8) is 0 Å². The Kier molecular flexibility index (Phi) is 6.14. The van der Waals surface area contributed by atoms with Crippen molar-refractivity contribution in [1.29, 1.82) is 0 Å². The molecule has 1 saturated heterocycles. The number of allylic oxidation sites excluding steroid dienone is 5. The third kappa shape index (κ3) is 4.68. The summed E-state index contributed by atoms with van der Waals surface area (Å²) in [7, 11) is 3.75. The molecule has 27 heavy (non-hydrogen) atoms. The van der Waals surface area contributed by atoms with Crippen LogP contribution >= 0.6 is 0 Å². The Bertz CT molecular complexity index is 790. The van der Waals surface area contributed by atoms with E-state index >= 15 is 0 Å². The number of nitrogens with zero attached hydrogens (tertiary/aromatic N) is 2. The van der Waals surface area contributed by atoms with Gasteiger partial charge in [-0.25, -0.2) is 0 Å². The number of carbonyl (C=O) groups is 1. The Morgan fingerprint density at radius 3 is 2.74 bits per heavy atom. The molecule has 0 aromatic heterocycles. The normalized spacial score (nSPS) is 21.1. The van der Waals surface area contributed by atoms with Crippen LogP contribution in [0.2, 0.25) is 0 Å². The number of aliphatic hydroxyl groups excluding tert-OH is 1. The molecule has 1 aromatic carbocycles. The monoisotopic (exact) mass is 365 g/mol. The van der Waals surface area contributed by atoms with E-state index < -0.39 is 0 Å². The summed E-state index contributed by atoms with van der Waals surface area (Å²) in [5.41, 5.74) is 3.77. The van der Waals surface area contributed by atoms with Gasteiger partial charge < -0.3 is 20.2 Å². The lowest BCUT2D eigenvalue weighted by molar-refractivity contribution is -0.124. The lowest BCUT2D eigenvalue weighted by atomic mass is 10.1. The standard InChI is InChI=1S/C22H27N3O2/c1-24(14-15-26)19-11-8-18(9-12-19)16-20-22(27)25(2)21(23-20)13-10-17-6-4-3-5-7-17/h4,6-13,16,21,23,26H,3,5,14-15H2,1-2H3/b13-10+,20-16-. The van der Waals surface area contributed by atoms with E-state index in [2.05, 4.69) is 29.6 Å². The molecule has 2 aliphatic rings. The number of anilines is 1. The maximum Gasteiger partial charge on any atom is 0.271 e. The number of nitrogens with one attached hydrogen (secondary N) is 1. The van der Waals surface area contributed by atoms with Gasteiger partial charge in [0.15, 0.2) is 0 Å². The Morgan fingerprint density at radius 2 is 2.07 bits per heavy atom. The van der Waals surface area contributed by atoms with Gasteiger partial charge in [0, 0.05) is 26.3 Å². The van der Waals surface area contributed by atoms with E-state index in [4.69, 9.17) is 5.11 Å². The summed E-state index contributed by atoms with van der Waals surface area (Å²) in [4.78, 5) is 16.2. The van der Waals surface area contributed by atoms with Gasteiger partial charge in [-0.15, -0.1) is 0 Å². The van der Waals surface area contributed by atoms with Gasteiger partial charge in [0.2, 0.25) is 0 Å². The second-order valence-electron chi connectivity index (χ2n) is 6.84. The highest BCUT2D eigenvalue weighted by Crippen LogP contribution is 2.20. The molecular weight excluding hydrogens is 338 g/mol. The number of likely N-dealkylation sites (N-methyl/N-ethyl adjacent to an activating group) is 2. The Hall–Kier alpha value is -2.79. The molecule has 2 N–H and O–H groups in total. The van der Waals surface area contributed by atoms with Crippen LogP contribution < -0.4 is 10.2 Å². The van der Waals surface area contributed by atoms with E-state index in [1.165, 1.54) is 5.57 Å². The summed E-state index contributed by atoms with van der Waals surface area (Å²) < 4.78 is 0. The third-order valence-electron chi connectivity index (χ3n) is 4.85. The van der Waals surface area contributed by atoms with E-state index in [1.807, 2.05) is 55.4 Å². The molecule has 5 heteroatoms. The molecule has 0 radical (unpaired) electrons. The number of rotatable bonds is 6. The van der Waals surface area contributed by atoms with E-state index in [0.29, 0.717) is 12.2 Å². The first-order valence-corrected chi connectivity index (χ1v) is 9.31. The van der Waals surface area contributed by atoms with Crippen molar-refractivity contribution in [3.8, 4) is 0 Å². The number of aliphatic hydroxyl groups is 1. The molecule has 1 aliphatic heterocycles. The first-order valence-electron chi connectivity index (χ1n) is 9.31. The predicted molar refractivity (Wildman–Crippen MR) is 110 cm³/mol. The summed E-state index contributed by atoms with van der Waals surface area (Å²) in [6, 6.07) is 7.94. The van der Waals surface area contributed by atoms with E-state index in [0.717, 1.165) is 24.1 Å². The lowest BCUT2D eigenvalue weighted by Gasteiger charge is -2.17. The second kappa shape index (κ2) is 8.73. The largest absolute Gasteiger partial charge is 0.395 e. The van der Waals surface area contributed by atoms with Gasteiger partial charge in [0.25, 0.3) is 5.91 Å². The van der Waals surface area contributed by atoms with Gasteiger partial charge in [0.1, 0.15) is 11.9 Å². The molecule has 0 spiro atoms. The van der Waals surface area contributed by atoms with Crippen LogP contribution in [0.4, 0.5) is 5.69 Å². The second-order valence-corrected chi connectivity index (χ2v) is 6.84. The van der Waals surface area contributed by atoms with Crippen molar-refractivity contribution >= 4 is 17.7 Å². The maximum atomic E-state index is 12.5. The summed E-state index contributed by atoms with van der Waals surface area (Å²) >= 11 is 0. The van der Waals surface area contributed by atoms with E-state index in [9.17, 15) is 4.79 Å². The van der Waals surface area contributed by atoms with Crippen molar-refractivity contribution in [2.75, 3.05) is 32.1 Å². The molecular formula is C22H27N3O2. The molecule has 1 amide bonds. The molecule has 1 heterocycles. The highest BCUT2D eigenvalue weighted by molar-refractivity contribution is 5.99. The molecule has 1 atom stereocenters. The van der Waals surface area contributed by atoms with Gasteiger partial charge >= 0.3 is 0 Å². The fraction of sp³-hybridized carbons (Fsp3) is 0.318. The SMILES string of the molecule is CN(CCO)c1ccc(/C=C2\NC(/C=C/C3=CCCC=C3)N(C)C2=O)cc1. The van der Waals surface area contributed by atoms with Crippen molar-refractivity contribution in [1.82, 2.24) is 10.2 Å². The molecule has 1 aromatic rings. The molecule has 1 fully saturated rings. The highest BCUT2D eigenvalue weighted by Gasteiger charge is 2.29. The first kappa shape index (κ1) is 19.0. The number of benzene rings is 1. The molecule has 3 rings (SSSR count). The van der Waals surface area contributed by atoms with Crippen LogP contribution in [0.3, 0.4) is 0 Å². The Labute approximate surface area is 161 Å². The molecule has 0 saturated carbocycles. The first-order chi connectivity index (χ1) is 13.1. The van der Waals surface area contributed by atoms with Crippen LogP contribution in [0.1, 0.15) is 18.4 Å². The van der Waals surface area contributed by atoms with Crippen LogP contribution in [-0.2, 0) is 4.79 Å². The van der Waals surface area contributed by atoms with E-state index in [-0.39, 0.29) is 18.7 Å². The van der Waals surface area contributed by atoms with Crippen LogP contribution in [0.15, 0.2) is 65.9 Å². The number of carbonyl (C=O) groups excluding carboxylic acids is 1. The summed E-state index contributed by atoms with van der Waals surface area (Å²) in [5, 5.41) is 12.3. The van der Waals surface area contributed by atoms with Crippen LogP contribution in [-0.4, -0.2) is 49.3 Å². The zero-order chi connectivity index (χ0) is 19.2. The quantitative estimate of drug-likeness (QED) is 0.761. The van der Waals surface area contributed by atoms with Gasteiger partial charge in [-0.05, 0) is 48.3 Å². The van der Waals surface area contributed by atoms with Crippen molar-refractivity contribution in [2.24, 2.45) is 0 Å². The molecule has 1 unspecified atom stereocenters. The zero-order valence-corrected chi connectivity index (χ0v) is 15.9. The third-order valence-corrected chi connectivity index (χ3v) is 4.85. The van der Waals surface area contributed by atoms with Gasteiger partial charge in [0.05, 0.1) is 6.61 Å². The zero-order valence-electron chi connectivity index (χ0n) is 15.9. The summed E-state index contributed by atoms with van der Waals surface area (Å²) in [6.45, 7) is 0.708. The maximum absolute atomic E-state index is 12.5. The molecule has 1 aliphatic carbocycles. The smallest absolute Gasteiger partial charge is 0.271 e. The van der Waals surface area contributed by atoms with E-state index in [1.54, 1.807) is 4.90 Å². The van der Waals surface area contributed by atoms with Gasteiger partial charge in [-0.1, -0.05) is 36.4 Å². The summed E-state index contributed by atoms with van der Waals surface area (Å²) in [5.74, 6) is -0.0145. The van der Waals surface area contributed by atoms with Gasteiger partial charge in [-0.3, -0.25) is 4.79 Å². The molecule has 0 bridgehead atoms. The number of hydrogen-bond donors (Lipinski definition) is 2. The average Bonchev–Trinajstić information content (AvgIpc) is 2.96. The molecule has 5 nitrogen and oxygen atoms in total. The fourth-order valence-corrected chi connectivity index (χ4v) is 3.15. The van der Waals surface area contributed by atoms with Crippen molar-refractivity contribution in [2.45, 2.75) is 19.0 Å². The topological polar surface area (TPSA) is 55.8 Å². The minimum Gasteiger partial charge on any atom is -0.395 e. The van der Waals surface area contributed by atoms with Crippen LogP contribution in [0.25, 0.3) is 6.08 Å². The van der Waals surface area contributed by atoms with Gasteiger partial charge in [-0.2, -0.15) is 0 Å². The average molecular weight is 365 g/mol. The predicted octanol–water partition coefficient (Wildman–Crippen LogP) is 2.68. The van der Waals surface area contributed by atoms with Crippen LogP contribution in [0.5, 0.6) is 0 Å². The van der Waals surface area contributed by atoms with Crippen molar-refractivity contribution < 1.29 is 9.90 Å². The minimum absolute atomic E-state index is 0.0145. The highest BCUT2D eigenvalue weighted by atomic mass is 16.3.